The maximum Gasteiger partial charge on any atom is 0.300 e. The van der Waals surface area contributed by atoms with E-state index in [-0.39, 0.29) is 0 Å². The van der Waals surface area contributed by atoms with E-state index in [0.29, 0.717) is 0 Å². The molecular formula is C4H7NO2S. The lowest BCUT2D eigenvalue weighted by atomic mass is 10.6. The lowest BCUT2D eigenvalue weighted by Crippen LogP contribution is -2.26. The van der Waals surface area contributed by atoms with Gasteiger partial charge in [0.05, 0.1) is 0 Å². The second kappa shape index (κ2) is 2.71. The van der Waals surface area contributed by atoms with Crippen molar-refractivity contribution in [3.8, 4) is 0 Å². The number of amides is 1. The molecule has 0 aromatic heterocycles. The van der Waals surface area contributed by atoms with Gasteiger partial charge in [-0.2, -0.15) is 0 Å². The summed E-state index contributed by atoms with van der Waals surface area (Å²) in [7, 11) is 2.99. The van der Waals surface area contributed by atoms with Gasteiger partial charge in [0.1, 0.15) is 0 Å². The zero-order chi connectivity index (χ0) is 6.73. The molecule has 0 N–H and O–H groups in total. The van der Waals surface area contributed by atoms with Crippen LogP contribution in [-0.4, -0.2) is 30.0 Å². The van der Waals surface area contributed by atoms with Crippen molar-refractivity contribution in [3.05, 3.63) is 0 Å². The highest BCUT2D eigenvalue weighted by Crippen LogP contribution is 1.83. The van der Waals surface area contributed by atoms with Crippen molar-refractivity contribution >= 4 is 23.7 Å². The Morgan fingerprint density at radius 1 is 1.38 bits per heavy atom. The molecule has 0 aliphatic heterocycles. The van der Waals surface area contributed by atoms with E-state index in [1.165, 1.54) is 19.0 Å². The molecule has 8 heavy (non-hydrogen) atoms. The van der Waals surface area contributed by atoms with Crippen LogP contribution in [0.2, 0.25) is 0 Å². The smallest absolute Gasteiger partial charge is 0.300 e. The van der Waals surface area contributed by atoms with Crippen molar-refractivity contribution in [3.63, 3.8) is 0 Å². The van der Waals surface area contributed by atoms with Gasteiger partial charge in [0, 0.05) is 14.1 Å². The van der Waals surface area contributed by atoms with Crippen molar-refractivity contribution in [2.75, 3.05) is 14.1 Å². The predicted molar refractivity (Wildman–Crippen MR) is 32.7 cm³/mol. The standard InChI is InChI=1S/C4H7NO2S/c1-5(2)3(6)4(7)8/h1-2H3,(H,7,8). The molecule has 46 valence electrons. The van der Waals surface area contributed by atoms with E-state index in [4.69, 9.17) is 0 Å². The number of hydrogen-bond acceptors (Lipinski definition) is 2. The largest absolute Gasteiger partial charge is 0.341 e. The molecule has 4 heteroatoms. The molecule has 3 nitrogen and oxygen atoms in total. The summed E-state index contributed by atoms with van der Waals surface area (Å²) < 4.78 is 0. The number of nitrogens with zero attached hydrogens (tertiary/aromatic N) is 1. The van der Waals surface area contributed by atoms with Gasteiger partial charge in [-0.1, -0.05) is 12.6 Å². The highest BCUT2D eigenvalue weighted by molar-refractivity contribution is 7.98. The summed E-state index contributed by atoms with van der Waals surface area (Å²) in [6, 6.07) is 0. The first kappa shape index (κ1) is 7.49. The minimum Gasteiger partial charge on any atom is -0.341 e. The van der Waals surface area contributed by atoms with E-state index in [9.17, 15) is 9.59 Å². The average Bonchev–Trinajstić information content (AvgIpc) is 1.64. The average molecular weight is 133 g/mol. The van der Waals surface area contributed by atoms with Gasteiger partial charge >= 0.3 is 0 Å². The SMILES string of the molecule is CN(C)C(=O)C(=O)S. The van der Waals surface area contributed by atoms with Crippen LogP contribution in [0.15, 0.2) is 0 Å². The Morgan fingerprint density at radius 2 is 1.75 bits per heavy atom. The van der Waals surface area contributed by atoms with E-state index in [2.05, 4.69) is 12.6 Å². The molecule has 0 aromatic rings. The number of thiol groups is 1. The highest BCUT2D eigenvalue weighted by Gasteiger charge is 2.08. The number of carbonyl (C=O) groups is 2. The van der Waals surface area contributed by atoms with Crippen LogP contribution in [0.5, 0.6) is 0 Å². The third kappa shape index (κ3) is 1.97. The fraction of sp³-hybridized carbons (Fsp3) is 0.500. The Balaban J connectivity index is 3.84. The maximum absolute atomic E-state index is 10.3. The summed E-state index contributed by atoms with van der Waals surface area (Å²) in [5.74, 6) is -0.590. The second-order valence-corrected chi connectivity index (χ2v) is 1.91. The number of hydrogen-bond donors (Lipinski definition) is 1. The quantitative estimate of drug-likeness (QED) is 0.388. The van der Waals surface area contributed by atoms with Gasteiger partial charge in [-0.15, -0.1) is 0 Å². The molecule has 0 aliphatic carbocycles. The molecule has 0 spiro atoms. The van der Waals surface area contributed by atoms with Crippen LogP contribution in [0.25, 0.3) is 0 Å². The van der Waals surface area contributed by atoms with Gasteiger partial charge in [0.25, 0.3) is 11.0 Å². The summed E-state index contributed by atoms with van der Waals surface area (Å²) in [4.78, 5) is 21.6. The van der Waals surface area contributed by atoms with Crippen LogP contribution >= 0.6 is 12.6 Å². The van der Waals surface area contributed by atoms with Crippen LogP contribution in [0.1, 0.15) is 0 Å². The third-order valence-electron chi connectivity index (χ3n) is 0.589. The molecule has 0 aromatic carbocycles. The van der Waals surface area contributed by atoms with Gasteiger partial charge in [-0.05, 0) is 0 Å². The van der Waals surface area contributed by atoms with Crippen molar-refractivity contribution < 1.29 is 9.59 Å². The molecule has 0 unspecified atom stereocenters. The van der Waals surface area contributed by atoms with E-state index in [0.717, 1.165) is 0 Å². The minimum absolute atomic E-state index is 0.590. The van der Waals surface area contributed by atoms with Crippen LogP contribution in [0, 0.1) is 0 Å². The normalized spacial score (nSPS) is 8.38. The van der Waals surface area contributed by atoms with E-state index < -0.39 is 11.0 Å². The first-order valence-electron chi connectivity index (χ1n) is 2.00. The minimum atomic E-state index is -0.727. The Kier molecular flexibility index (Phi) is 2.54. The highest BCUT2D eigenvalue weighted by atomic mass is 32.1. The molecule has 0 aliphatic rings. The zero-order valence-corrected chi connectivity index (χ0v) is 5.61. The summed E-state index contributed by atoms with van der Waals surface area (Å²) in [6.07, 6.45) is 0. The van der Waals surface area contributed by atoms with Gasteiger partial charge in [-0.3, -0.25) is 9.59 Å². The van der Waals surface area contributed by atoms with Gasteiger partial charge in [0.15, 0.2) is 0 Å². The van der Waals surface area contributed by atoms with Crippen molar-refractivity contribution in [2.24, 2.45) is 0 Å². The van der Waals surface area contributed by atoms with Crippen molar-refractivity contribution in [1.82, 2.24) is 4.90 Å². The topological polar surface area (TPSA) is 37.4 Å². The molecule has 0 rings (SSSR count). The lowest BCUT2D eigenvalue weighted by molar-refractivity contribution is -0.138. The molecular weight excluding hydrogens is 126 g/mol. The van der Waals surface area contributed by atoms with E-state index in [1.807, 2.05) is 0 Å². The second-order valence-electron chi connectivity index (χ2n) is 1.50. The van der Waals surface area contributed by atoms with Crippen LogP contribution in [-0.2, 0) is 9.59 Å². The number of carbonyl (C=O) groups excluding carboxylic acids is 2. The van der Waals surface area contributed by atoms with Crippen molar-refractivity contribution in [2.45, 2.75) is 0 Å². The molecule has 1 amide bonds. The van der Waals surface area contributed by atoms with Crippen LogP contribution < -0.4 is 0 Å². The summed E-state index contributed by atoms with van der Waals surface area (Å²) in [5.41, 5.74) is 0. The van der Waals surface area contributed by atoms with E-state index >= 15 is 0 Å². The number of rotatable bonds is 1. The Labute approximate surface area is 53.1 Å². The molecule has 0 bridgehead atoms. The molecule has 0 heterocycles. The van der Waals surface area contributed by atoms with Crippen LogP contribution in [0.3, 0.4) is 0 Å². The first-order valence-corrected chi connectivity index (χ1v) is 2.45. The zero-order valence-electron chi connectivity index (χ0n) is 4.71. The Morgan fingerprint density at radius 3 is 1.75 bits per heavy atom. The molecule has 0 fully saturated rings. The van der Waals surface area contributed by atoms with Gasteiger partial charge < -0.3 is 4.90 Å². The van der Waals surface area contributed by atoms with Gasteiger partial charge in [0.2, 0.25) is 0 Å². The molecule has 0 radical (unpaired) electrons. The van der Waals surface area contributed by atoms with E-state index in [1.54, 1.807) is 0 Å². The summed E-state index contributed by atoms with van der Waals surface area (Å²) in [6.45, 7) is 0. The lowest BCUT2D eigenvalue weighted by Gasteiger charge is -2.04. The van der Waals surface area contributed by atoms with Crippen LogP contribution in [0.4, 0.5) is 0 Å². The fourth-order valence-corrected chi connectivity index (χ4v) is 0.391. The Bertz CT molecular complexity index is 121. The first-order chi connectivity index (χ1) is 3.55. The van der Waals surface area contributed by atoms with Crippen molar-refractivity contribution in [1.29, 1.82) is 0 Å². The fourth-order valence-electron chi connectivity index (χ4n) is 0.191. The summed E-state index contributed by atoms with van der Waals surface area (Å²) in [5, 5.41) is -0.727. The maximum atomic E-state index is 10.3. The summed E-state index contributed by atoms with van der Waals surface area (Å²) >= 11 is 3.30. The number of likely N-dealkylation sites (N-methyl/N-ethyl adjacent to an activating group) is 1. The Hall–Kier alpha value is -0.510. The monoisotopic (exact) mass is 133 g/mol. The predicted octanol–water partition coefficient (Wildman–Crippen LogP) is -0.469. The third-order valence-corrected chi connectivity index (χ3v) is 0.780. The molecule has 0 atom stereocenters. The molecule has 0 saturated heterocycles. The molecule has 0 saturated carbocycles. The van der Waals surface area contributed by atoms with Gasteiger partial charge in [-0.25, -0.2) is 0 Å².